The van der Waals surface area contributed by atoms with Crippen LogP contribution in [0.25, 0.3) is 0 Å². The minimum absolute atomic E-state index is 0. The molecule has 1 fully saturated rings. The number of benzene rings is 1. The highest BCUT2D eigenvalue weighted by Crippen LogP contribution is 2.15. The minimum Gasteiger partial charge on any atom is -0.370 e. The number of hydrogen-bond donors (Lipinski definition) is 2. The van der Waals surface area contributed by atoms with E-state index in [2.05, 4.69) is 60.3 Å². The Kier molecular flexibility index (Phi) is 8.29. The second kappa shape index (κ2) is 10.9. The van der Waals surface area contributed by atoms with E-state index in [0.29, 0.717) is 18.5 Å². The Hall–Kier alpha value is -1.68. The number of aliphatic imine (C=N–C) groups is 1. The topological polar surface area (TPSA) is 84.4 Å². The number of aryl methyl sites for hydroxylation is 1. The first-order valence-corrected chi connectivity index (χ1v) is 10.5. The lowest BCUT2D eigenvalue weighted by Gasteiger charge is -2.32. The Labute approximate surface area is 190 Å². The van der Waals surface area contributed by atoms with Gasteiger partial charge in [0.1, 0.15) is 12.4 Å². The SMILES string of the molecule is I.NC(=NCc1nnc2n1CCCCC2)NC1CCN(Cc2ccccc2)CC1. The van der Waals surface area contributed by atoms with Crippen LogP contribution in [-0.4, -0.2) is 44.8 Å². The fourth-order valence-electron chi connectivity index (χ4n) is 4.15. The van der Waals surface area contributed by atoms with Gasteiger partial charge in [-0.15, -0.1) is 34.2 Å². The smallest absolute Gasteiger partial charge is 0.189 e. The molecule has 158 valence electrons. The maximum atomic E-state index is 6.15. The molecule has 0 amide bonds. The molecule has 1 aromatic carbocycles. The molecule has 0 bridgehead atoms. The monoisotopic (exact) mass is 509 g/mol. The standard InChI is InChI=1S/C21H31N7.HI/c22-21(23-15-20-26-25-19-9-5-2-6-12-28(19)20)24-18-10-13-27(14-11-18)16-17-7-3-1-4-8-17;/h1,3-4,7-8,18H,2,5-6,9-16H2,(H3,22,23,24);1H. The van der Waals surface area contributed by atoms with Crippen molar-refractivity contribution in [2.45, 2.75) is 64.2 Å². The van der Waals surface area contributed by atoms with Gasteiger partial charge in [0.2, 0.25) is 0 Å². The van der Waals surface area contributed by atoms with Gasteiger partial charge >= 0.3 is 0 Å². The molecule has 0 aliphatic carbocycles. The van der Waals surface area contributed by atoms with E-state index in [1.807, 2.05) is 0 Å². The average Bonchev–Trinajstić information content (AvgIpc) is 2.95. The molecule has 2 aromatic rings. The number of guanidine groups is 1. The molecule has 0 radical (unpaired) electrons. The summed E-state index contributed by atoms with van der Waals surface area (Å²) in [5.74, 6) is 2.55. The lowest BCUT2D eigenvalue weighted by Crippen LogP contribution is -2.46. The first kappa shape index (κ1) is 22.0. The van der Waals surface area contributed by atoms with Crippen molar-refractivity contribution in [3.05, 3.63) is 47.5 Å². The van der Waals surface area contributed by atoms with Crippen LogP contribution < -0.4 is 11.1 Å². The van der Waals surface area contributed by atoms with Crippen LogP contribution in [0.5, 0.6) is 0 Å². The summed E-state index contributed by atoms with van der Waals surface area (Å²) in [6.07, 6.45) is 6.85. The molecule has 29 heavy (non-hydrogen) atoms. The van der Waals surface area contributed by atoms with Crippen molar-refractivity contribution in [3.63, 3.8) is 0 Å². The number of fused-ring (bicyclic) bond motifs is 1. The summed E-state index contributed by atoms with van der Waals surface area (Å²) in [6, 6.07) is 11.1. The molecule has 7 nitrogen and oxygen atoms in total. The third-order valence-corrected chi connectivity index (χ3v) is 5.77. The molecule has 8 heteroatoms. The summed E-state index contributed by atoms with van der Waals surface area (Å²) in [5.41, 5.74) is 7.53. The number of nitrogens with zero attached hydrogens (tertiary/aromatic N) is 5. The van der Waals surface area contributed by atoms with E-state index in [0.717, 1.165) is 57.1 Å². The highest BCUT2D eigenvalue weighted by atomic mass is 127. The van der Waals surface area contributed by atoms with Crippen LogP contribution in [0.1, 0.15) is 49.3 Å². The van der Waals surface area contributed by atoms with Crippen LogP contribution in [0.3, 0.4) is 0 Å². The predicted molar refractivity (Wildman–Crippen MR) is 126 cm³/mol. The van der Waals surface area contributed by atoms with Crippen molar-refractivity contribution in [2.24, 2.45) is 10.7 Å². The third-order valence-electron chi connectivity index (χ3n) is 5.77. The Morgan fingerprint density at radius 1 is 1.07 bits per heavy atom. The highest BCUT2D eigenvalue weighted by molar-refractivity contribution is 14.0. The molecule has 0 unspecified atom stereocenters. The van der Waals surface area contributed by atoms with Gasteiger partial charge in [0.15, 0.2) is 11.8 Å². The van der Waals surface area contributed by atoms with Gasteiger partial charge < -0.3 is 15.6 Å². The van der Waals surface area contributed by atoms with Gasteiger partial charge in [0.25, 0.3) is 0 Å². The van der Waals surface area contributed by atoms with Crippen molar-refractivity contribution in [1.29, 1.82) is 0 Å². The molecule has 1 aromatic heterocycles. The van der Waals surface area contributed by atoms with Gasteiger partial charge in [0.05, 0.1) is 0 Å². The highest BCUT2D eigenvalue weighted by Gasteiger charge is 2.20. The molecule has 0 atom stereocenters. The molecular formula is C21H32IN7. The molecule has 1 saturated heterocycles. The van der Waals surface area contributed by atoms with Crippen LogP contribution in [0.2, 0.25) is 0 Å². The van der Waals surface area contributed by atoms with Gasteiger partial charge in [0, 0.05) is 38.6 Å². The lowest BCUT2D eigenvalue weighted by atomic mass is 10.0. The molecule has 2 aliphatic rings. The Balaban J connectivity index is 0.00000240. The summed E-state index contributed by atoms with van der Waals surface area (Å²) in [5, 5.41) is 12.1. The van der Waals surface area contributed by atoms with Crippen LogP contribution in [0.15, 0.2) is 35.3 Å². The Morgan fingerprint density at radius 2 is 1.86 bits per heavy atom. The molecule has 3 N–H and O–H groups in total. The van der Waals surface area contributed by atoms with Crippen molar-refractivity contribution in [3.8, 4) is 0 Å². The maximum absolute atomic E-state index is 6.15. The first-order valence-electron chi connectivity index (χ1n) is 10.5. The quantitative estimate of drug-likeness (QED) is 0.368. The van der Waals surface area contributed by atoms with E-state index in [1.54, 1.807) is 0 Å². The molecule has 0 saturated carbocycles. The summed E-state index contributed by atoms with van der Waals surface area (Å²) in [4.78, 5) is 7.04. The van der Waals surface area contributed by atoms with E-state index in [9.17, 15) is 0 Å². The van der Waals surface area contributed by atoms with Gasteiger partial charge in [-0.1, -0.05) is 36.8 Å². The zero-order valence-electron chi connectivity index (χ0n) is 17.0. The molecule has 0 spiro atoms. The number of halogens is 1. The van der Waals surface area contributed by atoms with E-state index in [1.165, 1.54) is 24.8 Å². The molecular weight excluding hydrogens is 477 g/mol. The average molecular weight is 509 g/mol. The van der Waals surface area contributed by atoms with Crippen LogP contribution >= 0.6 is 24.0 Å². The summed E-state index contributed by atoms with van der Waals surface area (Å²) in [7, 11) is 0. The van der Waals surface area contributed by atoms with E-state index < -0.39 is 0 Å². The number of likely N-dealkylation sites (tertiary alicyclic amines) is 1. The zero-order valence-corrected chi connectivity index (χ0v) is 19.3. The summed E-state index contributed by atoms with van der Waals surface area (Å²) in [6.45, 7) is 4.68. The number of rotatable bonds is 5. The van der Waals surface area contributed by atoms with E-state index in [4.69, 9.17) is 5.73 Å². The largest absolute Gasteiger partial charge is 0.370 e. The van der Waals surface area contributed by atoms with Gasteiger partial charge in [-0.3, -0.25) is 4.90 Å². The van der Waals surface area contributed by atoms with Crippen molar-refractivity contribution in [2.75, 3.05) is 13.1 Å². The lowest BCUT2D eigenvalue weighted by molar-refractivity contribution is 0.199. The fraction of sp³-hybridized carbons (Fsp3) is 0.571. The van der Waals surface area contributed by atoms with Crippen LogP contribution in [0, 0.1) is 0 Å². The van der Waals surface area contributed by atoms with E-state index in [-0.39, 0.29) is 24.0 Å². The molecule has 2 aliphatic heterocycles. The third kappa shape index (κ3) is 6.15. The van der Waals surface area contributed by atoms with Crippen LogP contribution in [-0.2, 0) is 26.1 Å². The predicted octanol–water partition coefficient (Wildman–Crippen LogP) is 2.69. The minimum atomic E-state index is 0. The first-order chi connectivity index (χ1) is 13.8. The van der Waals surface area contributed by atoms with Gasteiger partial charge in [-0.25, -0.2) is 4.99 Å². The Morgan fingerprint density at radius 3 is 2.66 bits per heavy atom. The molecule has 3 heterocycles. The van der Waals surface area contributed by atoms with Gasteiger partial charge in [-0.2, -0.15) is 0 Å². The Bertz CT molecular complexity index is 782. The molecule has 4 rings (SSSR count). The number of piperidine rings is 1. The number of aromatic nitrogens is 3. The van der Waals surface area contributed by atoms with Crippen molar-refractivity contribution in [1.82, 2.24) is 25.0 Å². The number of hydrogen-bond acceptors (Lipinski definition) is 4. The fourth-order valence-corrected chi connectivity index (χ4v) is 4.15. The summed E-state index contributed by atoms with van der Waals surface area (Å²) < 4.78 is 2.23. The van der Waals surface area contributed by atoms with E-state index >= 15 is 0 Å². The normalized spacial score (nSPS) is 18.6. The second-order valence-electron chi connectivity index (χ2n) is 7.88. The zero-order chi connectivity index (χ0) is 19.2. The van der Waals surface area contributed by atoms with Crippen LogP contribution in [0.4, 0.5) is 0 Å². The van der Waals surface area contributed by atoms with Crippen molar-refractivity contribution < 1.29 is 0 Å². The second-order valence-corrected chi connectivity index (χ2v) is 7.88. The number of nitrogens with two attached hydrogens (primary N) is 1. The van der Waals surface area contributed by atoms with Gasteiger partial charge in [-0.05, 0) is 31.2 Å². The summed E-state index contributed by atoms with van der Waals surface area (Å²) >= 11 is 0. The van der Waals surface area contributed by atoms with Crippen molar-refractivity contribution >= 4 is 29.9 Å². The maximum Gasteiger partial charge on any atom is 0.189 e. The number of nitrogens with one attached hydrogen (secondary N) is 1.